The van der Waals surface area contributed by atoms with E-state index in [2.05, 4.69) is 15.5 Å². The number of carbonyl (C=O) groups is 1. The first-order valence-electron chi connectivity index (χ1n) is 8.34. The number of aromatic amines is 1. The molecule has 0 radical (unpaired) electrons. The van der Waals surface area contributed by atoms with Gasteiger partial charge in [0.05, 0.1) is 24.1 Å². The average Bonchev–Trinajstić information content (AvgIpc) is 3.20. The Morgan fingerprint density at radius 2 is 2.36 bits per heavy atom. The first-order chi connectivity index (χ1) is 12.2. The zero-order valence-corrected chi connectivity index (χ0v) is 14.0. The first-order valence-corrected chi connectivity index (χ1v) is 8.34. The second-order valence-corrected chi connectivity index (χ2v) is 6.36. The molecule has 8 heteroatoms. The molecular weight excluding hydrogens is 325 g/mol. The van der Waals surface area contributed by atoms with Gasteiger partial charge in [0.25, 0.3) is 0 Å². The number of hydrogen-bond acceptors (Lipinski definition) is 5. The zero-order chi connectivity index (χ0) is 17.4. The Kier molecular flexibility index (Phi) is 4.04. The number of fused-ring (bicyclic) bond motifs is 1. The summed E-state index contributed by atoms with van der Waals surface area (Å²) >= 11 is 0. The molecule has 1 unspecified atom stereocenters. The Labute approximate surface area is 144 Å². The highest BCUT2D eigenvalue weighted by Crippen LogP contribution is 2.30. The molecule has 1 fully saturated rings. The van der Waals surface area contributed by atoms with Crippen LogP contribution in [0.4, 0.5) is 20.6 Å². The van der Waals surface area contributed by atoms with Crippen LogP contribution >= 0.6 is 0 Å². The van der Waals surface area contributed by atoms with Gasteiger partial charge >= 0.3 is 6.09 Å². The fourth-order valence-corrected chi connectivity index (χ4v) is 3.41. The predicted octanol–water partition coefficient (Wildman–Crippen LogP) is 1.66. The molecule has 0 bridgehead atoms. The van der Waals surface area contributed by atoms with E-state index in [4.69, 9.17) is 4.74 Å². The number of carbonyl (C=O) groups excluding carboxylic acids is 1. The number of ether oxygens (including phenoxy) is 1. The zero-order valence-electron chi connectivity index (χ0n) is 14.0. The van der Waals surface area contributed by atoms with Crippen molar-refractivity contribution in [3.8, 4) is 0 Å². The van der Waals surface area contributed by atoms with E-state index in [1.807, 2.05) is 4.90 Å². The Morgan fingerprint density at radius 1 is 1.48 bits per heavy atom. The highest BCUT2D eigenvalue weighted by Gasteiger charge is 2.32. The van der Waals surface area contributed by atoms with Gasteiger partial charge in [-0.05, 0) is 25.2 Å². The summed E-state index contributed by atoms with van der Waals surface area (Å²) in [7, 11) is 1.80. The van der Waals surface area contributed by atoms with E-state index in [1.165, 1.54) is 11.0 Å². The lowest BCUT2D eigenvalue weighted by molar-refractivity contribution is 0.141. The van der Waals surface area contributed by atoms with Gasteiger partial charge in [-0.2, -0.15) is 5.10 Å². The highest BCUT2D eigenvalue weighted by atomic mass is 19.1. The molecule has 25 heavy (non-hydrogen) atoms. The maximum atomic E-state index is 14.7. The fraction of sp³-hybridized carbons (Fsp3) is 0.412. The molecule has 2 aromatic rings. The van der Waals surface area contributed by atoms with E-state index in [1.54, 1.807) is 25.4 Å². The number of cyclic esters (lactones) is 1. The predicted molar refractivity (Wildman–Crippen MR) is 91.3 cm³/mol. The number of H-pyrrole nitrogens is 1. The third kappa shape index (κ3) is 2.93. The molecule has 3 heterocycles. The van der Waals surface area contributed by atoms with E-state index < -0.39 is 6.09 Å². The lowest BCUT2D eigenvalue weighted by Gasteiger charge is -2.29. The van der Waals surface area contributed by atoms with Crippen molar-refractivity contribution >= 4 is 17.5 Å². The number of halogens is 1. The summed E-state index contributed by atoms with van der Waals surface area (Å²) in [5.74, 6) is -0.339. The van der Waals surface area contributed by atoms with Crippen molar-refractivity contribution in [2.24, 2.45) is 0 Å². The van der Waals surface area contributed by atoms with Crippen LogP contribution in [0.3, 0.4) is 0 Å². The fourth-order valence-electron chi connectivity index (χ4n) is 3.41. The van der Waals surface area contributed by atoms with Gasteiger partial charge in [0.1, 0.15) is 11.9 Å². The summed E-state index contributed by atoms with van der Waals surface area (Å²) < 4.78 is 20.0. The van der Waals surface area contributed by atoms with Crippen LogP contribution in [0.25, 0.3) is 0 Å². The van der Waals surface area contributed by atoms with Crippen LogP contribution in [0.2, 0.25) is 0 Å². The minimum Gasteiger partial charge on any atom is -0.443 e. The molecule has 2 aliphatic heterocycles. The van der Waals surface area contributed by atoms with Crippen LogP contribution in [-0.2, 0) is 17.7 Å². The van der Waals surface area contributed by atoms with E-state index in [0.717, 1.165) is 24.2 Å². The summed E-state index contributed by atoms with van der Waals surface area (Å²) in [5, 5.41) is 10.00. The van der Waals surface area contributed by atoms with Gasteiger partial charge in [0.2, 0.25) is 0 Å². The van der Waals surface area contributed by atoms with Crippen LogP contribution in [0.15, 0.2) is 24.4 Å². The van der Waals surface area contributed by atoms with Gasteiger partial charge in [-0.15, -0.1) is 0 Å². The topological polar surface area (TPSA) is 73.5 Å². The third-order valence-corrected chi connectivity index (χ3v) is 4.69. The third-order valence-electron chi connectivity index (χ3n) is 4.69. The second kappa shape index (κ2) is 6.36. The van der Waals surface area contributed by atoms with E-state index in [9.17, 15) is 9.18 Å². The van der Waals surface area contributed by atoms with Gasteiger partial charge in [-0.1, -0.05) is 0 Å². The average molecular weight is 345 g/mol. The molecule has 1 atom stereocenters. The summed E-state index contributed by atoms with van der Waals surface area (Å²) in [4.78, 5) is 15.5. The quantitative estimate of drug-likeness (QED) is 0.882. The minimum absolute atomic E-state index is 0.221. The molecule has 1 saturated heterocycles. The molecule has 1 aromatic heterocycles. The smallest absolute Gasteiger partial charge is 0.414 e. The van der Waals surface area contributed by atoms with Crippen LogP contribution in [0, 0.1) is 5.82 Å². The van der Waals surface area contributed by atoms with Crippen LogP contribution < -0.4 is 15.1 Å². The maximum absolute atomic E-state index is 14.7. The van der Waals surface area contributed by atoms with Crippen molar-refractivity contribution in [1.82, 2.24) is 15.5 Å². The number of anilines is 2. The Bertz CT molecular complexity index is 793. The standard InChI is InChI=1S/C17H20FN5O2/c1-19-8-13-10-23(17(24)25-13)12-2-3-16(14(18)6-12)22-5-4-15-11(9-22)7-20-21-15/h2-3,6-7,13,19H,4-5,8-10H2,1H3,(H,20,21). The van der Waals surface area contributed by atoms with Crippen molar-refractivity contribution in [2.75, 3.05) is 36.5 Å². The van der Waals surface area contributed by atoms with Gasteiger partial charge < -0.3 is 15.0 Å². The van der Waals surface area contributed by atoms with Crippen LogP contribution in [0.5, 0.6) is 0 Å². The molecule has 0 aliphatic carbocycles. The van der Waals surface area contributed by atoms with Crippen LogP contribution in [0.1, 0.15) is 11.3 Å². The van der Waals surface area contributed by atoms with Gasteiger partial charge in [0.15, 0.2) is 0 Å². The molecule has 1 amide bonds. The lowest BCUT2D eigenvalue weighted by Crippen LogP contribution is -2.31. The molecule has 4 rings (SSSR count). The monoisotopic (exact) mass is 345 g/mol. The molecule has 0 saturated carbocycles. The number of rotatable bonds is 4. The van der Waals surface area contributed by atoms with Crippen molar-refractivity contribution in [1.29, 1.82) is 0 Å². The van der Waals surface area contributed by atoms with Crippen molar-refractivity contribution in [2.45, 2.75) is 19.1 Å². The number of nitrogens with one attached hydrogen (secondary N) is 2. The highest BCUT2D eigenvalue weighted by molar-refractivity contribution is 5.90. The molecule has 2 N–H and O–H groups in total. The first kappa shape index (κ1) is 15.9. The number of hydrogen-bond donors (Lipinski definition) is 2. The minimum atomic E-state index is -0.437. The Hall–Kier alpha value is -2.61. The number of benzene rings is 1. The Morgan fingerprint density at radius 3 is 3.16 bits per heavy atom. The number of aromatic nitrogens is 2. The van der Waals surface area contributed by atoms with Crippen LogP contribution in [-0.4, -0.2) is 49.1 Å². The number of amides is 1. The van der Waals surface area contributed by atoms with Gasteiger partial charge in [-0.25, -0.2) is 9.18 Å². The maximum Gasteiger partial charge on any atom is 0.414 e. The normalized spacial score (nSPS) is 19.9. The van der Waals surface area contributed by atoms with Crippen molar-refractivity contribution < 1.29 is 13.9 Å². The summed E-state index contributed by atoms with van der Waals surface area (Å²) in [6.45, 7) is 2.34. The Balaban J connectivity index is 1.53. The van der Waals surface area contributed by atoms with Crippen molar-refractivity contribution in [3.05, 3.63) is 41.5 Å². The molecule has 1 aromatic carbocycles. The van der Waals surface area contributed by atoms with Gasteiger partial charge in [0, 0.05) is 37.3 Å². The van der Waals surface area contributed by atoms with Crippen molar-refractivity contribution in [3.63, 3.8) is 0 Å². The van der Waals surface area contributed by atoms with Gasteiger partial charge in [-0.3, -0.25) is 10.00 Å². The molecule has 2 aliphatic rings. The number of likely N-dealkylation sites (N-methyl/N-ethyl adjacent to an activating group) is 1. The lowest BCUT2D eigenvalue weighted by atomic mass is 10.1. The molecule has 7 nitrogen and oxygen atoms in total. The molecule has 132 valence electrons. The summed E-state index contributed by atoms with van der Waals surface area (Å²) in [6, 6.07) is 4.91. The van der Waals surface area contributed by atoms with E-state index in [0.29, 0.717) is 31.0 Å². The molecular formula is C17H20FN5O2. The van der Waals surface area contributed by atoms with E-state index >= 15 is 0 Å². The summed E-state index contributed by atoms with van der Waals surface area (Å²) in [6.07, 6.45) is 1.94. The molecule has 0 spiro atoms. The summed E-state index contributed by atoms with van der Waals surface area (Å²) in [5.41, 5.74) is 3.26. The second-order valence-electron chi connectivity index (χ2n) is 6.36. The van der Waals surface area contributed by atoms with E-state index in [-0.39, 0.29) is 11.9 Å². The number of nitrogens with zero attached hydrogens (tertiary/aromatic N) is 3. The largest absolute Gasteiger partial charge is 0.443 e. The SMILES string of the molecule is CNCC1CN(c2ccc(N3CCc4[nH]ncc4C3)c(F)c2)C(=O)O1.